The van der Waals surface area contributed by atoms with Crippen molar-refractivity contribution in [3.05, 3.63) is 11.9 Å². The van der Waals surface area contributed by atoms with Gasteiger partial charge in [0, 0.05) is 12.5 Å². The minimum atomic E-state index is -0.412. The molecule has 4 saturated carbocycles. The summed E-state index contributed by atoms with van der Waals surface area (Å²) in [5.41, 5.74) is 1.81. The van der Waals surface area contributed by atoms with Gasteiger partial charge in [-0.25, -0.2) is 4.68 Å². The predicted octanol–water partition coefficient (Wildman–Crippen LogP) is 2.85. The molecule has 0 saturated heterocycles. The van der Waals surface area contributed by atoms with E-state index in [9.17, 15) is 5.11 Å². The van der Waals surface area contributed by atoms with E-state index in [4.69, 9.17) is 0 Å². The minimum absolute atomic E-state index is 0.0540. The second kappa shape index (κ2) is 3.65. The quantitative estimate of drug-likeness (QED) is 0.903. The van der Waals surface area contributed by atoms with Crippen molar-refractivity contribution in [2.24, 2.45) is 29.2 Å². The second-order valence-electron chi connectivity index (χ2n) is 8.68. The third-order valence-corrected chi connectivity index (χ3v) is 6.28. The van der Waals surface area contributed by atoms with Crippen LogP contribution in [0.5, 0.6) is 0 Å². The average Bonchev–Trinajstić information content (AvgIpc) is 2.69. The topological polar surface area (TPSA) is 50.9 Å². The Labute approximate surface area is 120 Å². The number of rotatable bonds is 2. The van der Waals surface area contributed by atoms with Gasteiger partial charge in [0.25, 0.3) is 0 Å². The van der Waals surface area contributed by atoms with E-state index in [2.05, 4.69) is 24.2 Å². The maximum absolute atomic E-state index is 11.1. The first-order chi connectivity index (χ1) is 9.33. The summed E-state index contributed by atoms with van der Waals surface area (Å²) in [4.78, 5) is 0. The first kappa shape index (κ1) is 12.8. The molecule has 0 radical (unpaired) electrons. The smallest absolute Gasteiger partial charge is 0.103 e. The lowest BCUT2D eigenvalue weighted by Crippen LogP contribution is -2.57. The van der Waals surface area contributed by atoms with Gasteiger partial charge < -0.3 is 5.11 Å². The molecule has 0 spiro atoms. The van der Waals surface area contributed by atoms with Gasteiger partial charge in [0.15, 0.2) is 0 Å². The van der Waals surface area contributed by atoms with E-state index in [1.165, 1.54) is 38.5 Å². The van der Waals surface area contributed by atoms with E-state index < -0.39 is 6.10 Å². The van der Waals surface area contributed by atoms with Crippen LogP contribution in [0, 0.1) is 22.2 Å². The first-order valence-corrected chi connectivity index (χ1v) is 7.86. The second-order valence-corrected chi connectivity index (χ2v) is 8.68. The lowest BCUT2D eigenvalue weighted by molar-refractivity contribution is -0.188. The van der Waals surface area contributed by atoms with Gasteiger partial charge in [0.05, 0.1) is 11.9 Å². The van der Waals surface area contributed by atoms with E-state index in [0.29, 0.717) is 10.8 Å². The van der Waals surface area contributed by atoms with Gasteiger partial charge >= 0.3 is 0 Å². The van der Waals surface area contributed by atoms with Crippen LogP contribution >= 0.6 is 0 Å². The third-order valence-electron chi connectivity index (χ3n) is 6.28. The van der Waals surface area contributed by atoms with Crippen molar-refractivity contribution < 1.29 is 5.11 Å². The molecular weight excluding hydrogens is 250 g/mol. The Morgan fingerprint density at radius 2 is 1.85 bits per heavy atom. The number of aliphatic hydroxyl groups is 1. The lowest BCUT2D eigenvalue weighted by atomic mass is 9.39. The van der Waals surface area contributed by atoms with E-state index in [1.54, 1.807) is 10.9 Å². The Kier molecular flexibility index (Phi) is 2.34. The summed E-state index contributed by atoms with van der Waals surface area (Å²) in [7, 11) is 1.88. The molecule has 4 heteroatoms. The fraction of sp³-hybridized carbons (Fsp3) is 0.875. The number of aromatic nitrogens is 3. The first-order valence-electron chi connectivity index (χ1n) is 7.86. The van der Waals surface area contributed by atoms with Gasteiger partial charge in [-0.3, -0.25) is 0 Å². The summed E-state index contributed by atoms with van der Waals surface area (Å²) in [5, 5.41) is 19.0. The highest BCUT2D eigenvalue weighted by Crippen LogP contribution is 2.72. The molecule has 4 bridgehead atoms. The molecular formula is C16H25N3O. The van der Waals surface area contributed by atoms with Crippen molar-refractivity contribution >= 4 is 0 Å². The molecule has 5 rings (SSSR count). The fourth-order valence-electron chi connectivity index (χ4n) is 6.70. The lowest BCUT2D eigenvalue weighted by Gasteiger charge is -2.66. The number of aryl methyl sites for hydroxylation is 1. The van der Waals surface area contributed by atoms with Crippen molar-refractivity contribution in [1.29, 1.82) is 0 Å². The molecule has 1 N–H and O–H groups in total. The Morgan fingerprint density at radius 1 is 1.20 bits per heavy atom. The van der Waals surface area contributed by atoms with Crippen molar-refractivity contribution in [2.45, 2.75) is 58.5 Å². The Morgan fingerprint density at radius 3 is 2.35 bits per heavy atom. The Hall–Kier alpha value is -0.900. The molecule has 4 fully saturated rings. The maximum Gasteiger partial charge on any atom is 0.103 e. The predicted molar refractivity (Wildman–Crippen MR) is 75.8 cm³/mol. The van der Waals surface area contributed by atoms with E-state index in [-0.39, 0.29) is 5.41 Å². The highest BCUT2D eigenvalue weighted by molar-refractivity contribution is 5.16. The molecule has 4 aliphatic carbocycles. The summed E-state index contributed by atoms with van der Waals surface area (Å²) in [6.45, 7) is 4.89. The molecule has 0 amide bonds. The van der Waals surface area contributed by atoms with E-state index in [0.717, 1.165) is 11.6 Å². The van der Waals surface area contributed by atoms with Crippen LogP contribution in [0.2, 0.25) is 0 Å². The van der Waals surface area contributed by atoms with Crippen molar-refractivity contribution in [1.82, 2.24) is 15.0 Å². The average molecular weight is 275 g/mol. The Balaban J connectivity index is 1.75. The van der Waals surface area contributed by atoms with E-state index in [1.807, 2.05) is 7.05 Å². The highest BCUT2D eigenvalue weighted by atomic mass is 16.3. The van der Waals surface area contributed by atoms with Crippen LogP contribution in [-0.4, -0.2) is 20.1 Å². The van der Waals surface area contributed by atoms with E-state index >= 15 is 0 Å². The van der Waals surface area contributed by atoms with Crippen molar-refractivity contribution in [3.8, 4) is 0 Å². The standard InChI is InChI=1S/C16H25N3O/c1-14-4-11-5-15(2,8-14)10-16(6-11,9-14)13(20)12-7-17-18-19(12)3/h7,11,13,20H,4-6,8-10H2,1-3H3. The van der Waals surface area contributed by atoms with Crippen LogP contribution in [0.4, 0.5) is 0 Å². The zero-order valence-corrected chi connectivity index (χ0v) is 12.8. The summed E-state index contributed by atoms with van der Waals surface area (Å²) in [5.74, 6) is 0.803. The zero-order valence-electron chi connectivity index (χ0n) is 12.8. The molecule has 1 aromatic heterocycles. The molecule has 1 aromatic rings. The van der Waals surface area contributed by atoms with Crippen LogP contribution in [0.3, 0.4) is 0 Å². The molecule has 3 unspecified atom stereocenters. The maximum atomic E-state index is 11.1. The molecule has 0 aromatic carbocycles. The number of hydrogen-bond donors (Lipinski definition) is 1. The van der Waals surface area contributed by atoms with Crippen LogP contribution in [-0.2, 0) is 7.05 Å². The van der Waals surface area contributed by atoms with Crippen molar-refractivity contribution in [2.75, 3.05) is 0 Å². The summed E-state index contributed by atoms with van der Waals surface area (Å²) in [6, 6.07) is 0. The SMILES string of the molecule is Cn1nncc1C(O)C12CC3CC(C)(CC(C)(C3)C1)C2. The highest BCUT2D eigenvalue weighted by Gasteiger charge is 2.62. The van der Waals surface area contributed by atoms with Gasteiger partial charge in [-0.05, 0) is 55.3 Å². The number of nitrogens with zero attached hydrogens (tertiary/aromatic N) is 3. The van der Waals surface area contributed by atoms with Gasteiger partial charge in [-0.15, -0.1) is 5.10 Å². The van der Waals surface area contributed by atoms with Crippen LogP contribution in [0.1, 0.15) is 64.2 Å². The summed E-state index contributed by atoms with van der Waals surface area (Å²) >= 11 is 0. The molecule has 3 atom stereocenters. The molecule has 4 nitrogen and oxygen atoms in total. The molecule has 0 aliphatic heterocycles. The van der Waals surface area contributed by atoms with Crippen LogP contribution in [0.25, 0.3) is 0 Å². The molecule has 110 valence electrons. The molecule has 20 heavy (non-hydrogen) atoms. The van der Waals surface area contributed by atoms with Gasteiger partial charge in [0.2, 0.25) is 0 Å². The normalized spacial score (nSPS) is 47.7. The minimum Gasteiger partial charge on any atom is -0.386 e. The number of hydrogen-bond acceptors (Lipinski definition) is 3. The van der Waals surface area contributed by atoms with Gasteiger partial charge in [-0.1, -0.05) is 19.1 Å². The molecule has 4 aliphatic rings. The van der Waals surface area contributed by atoms with Gasteiger partial charge in [-0.2, -0.15) is 0 Å². The van der Waals surface area contributed by atoms with Crippen LogP contribution < -0.4 is 0 Å². The fourth-order valence-corrected chi connectivity index (χ4v) is 6.70. The zero-order chi connectivity index (χ0) is 14.2. The van der Waals surface area contributed by atoms with Crippen molar-refractivity contribution in [3.63, 3.8) is 0 Å². The number of aliphatic hydroxyl groups excluding tert-OH is 1. The summed E-state index contributed by atoms with van der Waals surface area (Å²) < 4.78 is 1.74. The molecule has 1 heterocycles. The Bertz CT molecular complexity index is 534. The largest absolute Gasteiger partial charge is 0.386 e. The monoisotopic (exact) mass is 275 g/mol. The van der Waals surface area contributed by atoms with Gasteiger partial charge in [0.1, 0.15) is 6.10 Å². The van der Waals surface area contributed by atoms with Crippen LogP contribution in [0.15, 0.2) is 6.20 Å². The third kappa shape index (κ3) is 1.63. The summed E-state index contributed by atoms with van der Waals surface area (Å²) in [6.07, 6.45) is 8.91.